The molecule has 10 heteroatoms. The lowest BCUT2D eigenvalue weighted by Gasteiger charge is -2.01. The number of nitrogens with zero attached hydrogens (tertiary/aromatic N) is 2. The van der Waals surface area contributed by atoms with Crippen molar-refractivity contribution in [3.63, 3.8) is 0 Å². The number of rotatable bonds is 5. The van der Waals surface area contributed by atoms with Crippen LogP contribution in [-0.2, 0) is 4.79 Å². The third kappa shape index (κ3) is 3.84. The minimum atomic E-state index is -0.356. The molecule has 0 saturated heterocycles. The molecule has 2 aromatic heterocycles. The molecule has 0 bridgehead atoms. The van der Waals surface area contributed by atoms with Crippen molar-refractivity contribution < 1.29 is 9.53 Å². The van der Waals surface area contributed by atoms with Gasteiger partial charge in [-0.2, -0.15) is 0 Å². The molecular formula is C14H13N5O3S2. The van der Waals surface area contributed by atoms with E-state index in [1.165, 1.54) is 17.4 Å². The quantitative estimate of drug-likeness (QED) is 0.466. The molecule has 24 heavy (non-hydrogen) atoms. The Bertz CT molecular complexity index is 953. The fourth-order valence-electron chi connectivity index (χ4n) is 1.90. The highest BCUT2D eigenvalue weighted by molar-refractivity contribution is 7.99. The van der Waals surface area contributed by atoms with Crippen molar-refractivity contribution in [1.82, 2.24) is 15.0 Å². The van der Waals surface area contributed by atoms with E-state index in [-0.39, 0.29) is 23.0 Å². The zero-order valence-corrected chi connectivity index (χ0v) is 14.2. The van der Waals surface area contributed by atoms with Crippen molar-refractivity contribution in [2.45, 2.75) is 5.16 Å². The SMILES string of the molecule is COc1ccc2nc(NC(=O)CSc3nc(N)cc(=O)[nH]3)sc2c1. The summed E-state index contributed by atoms with van der Waals surface area (Å²) < 4.78 is 6.08. The van der Waals surface area contributed by atoms with Gasteiger partial charge < -0.3 is 20.8 Å². The molecule has 3 aromatic rings. The van der Waals surface area contributed by atoms with E-state index >= 15 is 0 Å². The molecule has 1 amide bonds. The molecule has 0 spiro atoms. The molecule has 4 N–H and O–H groups in total. The van der Waals surface area contributed by atoms with E-state index in [0.717, 1.165) is 27.7 Å². The van der Waals surface area contributed by atoms with Crippen LogP contribution in [0.15, 0.2) is 34.2 Å². The number of carbonyl (C=O) groups excluding carboxylic acids is 1. The van der Waals surface area contributed by atoms with E-state index in [1.807, 2.05) is 18.2 Å². The number of aromatic nitrogens is 3. The van der Waals surface area contributed by atoms with E-state index in [2.05, 4.69) is 20.3 Å². The third-order valence-corrected chi connectivity index (χ3v) is 4.73. The predicted octanol–water partition coefficient (Wildman–Crippen LogP) is 1.70. The van der Waals surface area contributed by atoms with Gasteiger partial charge in [-0.3, -0.25) is 9.59 Å². The van der Waals surface area contributed by atoms with Gasteiger partial charge in [0.15, 0.2) is 10.3 Å². The molecule has 124 valence electrons. The number of thioether (sulfide) groups is 1. The first-order chi connectivity index (χ1) is 11.5. The summed E-state index contributed by atoms with van der Waals surface area (Å²) in [5.41, 5.74) is 5.92. The van der Waals surface area contributed by atoms with Gasteiger partial charge in [0.25, 0.3) is 5.56 Å². The summed E-state index contributed by atoms with van der Waals surface area (Å²) in [7, 11) is 1.59. The Labute approximate surface area is 144 Å². The second kappa shape index (κ2) is 6.89. The van der Waals surface area contributed by atoms with Gasteiger partial charge in [0, 0.05) is 6.07 Å². The Hall–Kier alpha value is -2.59. The van der Waals surface area contributed by atoms with Crippen molar-refractivity contribution >= 4 is 50.2 Å². The van der Waals surface area contributed by atoms with Crippen molar-refractivity contribution in [3.8, 4) is 5.75 Å². The van der Waals surface area contributed by atoms with E-state index < -0.39 is 0 Å². The lowest BCUT2D eigenvalue weighted by Crippen LogP contribution is -2.15. The summed E-state index contributed by atoms with van der Waals surface area (Å²) in [4.78, 5) is 34.1. The van der Waals surface area contributed by atoms with E-state index in [0.29, 0.717) is 10.3 Å². The number of nitrogens with one attached hydrogen (secondary N) is 2. The van der Waals surface area contributed by atoms with Gasteiger partial charge in [-0.1, -0.05) is 23.1 Å². The number of amides is 1. The highest BCUT2D eigenvalue weighted by atomic mass is 32.2. The van der Waals surface area contributed by atoms with Crippen LogP contribution in [0.25, 0.3) is 10.2 Å². The van der Waals surface area contributed by atoms with E-state index in [1.54, 1.807) is 7.11 Å². The van der Waals surface area contributed by atoms with Crippen molar-refractivity contribution in [2.24, 2.45) is 0 Å². The van der Waals surface area contributed by atoms with Gasteiger partial charge >= 0.3 is 0 Å². The smallest absolute Gasteiger partial charge is 0.253 e. The Morgan fingerprint density at radius 3 is 3.00 bits per heavy atom. The lowest BCUT2D eigenvalue weighted by molar-refractivity contribution is -0.113. The predicted molar refractivity (Wildman–Crippen MR) is 94.8 cm³/mol. The van der Waals surface area contributed by atoms with Crippen LogP contribution < -0.4 is 21.3 Å². The first-order valence-corrected chi connectivity index (χ1v) is 8.58. The normalized spacial score (nSPS) is 10.7. The maximum atomic E-state index is 12.0. The van der Waals surface area contributed by atoms with Crippen LogP contribution in [0.2, 0.25) is 0 Å². The standard InChI is InChI=1S/C14H13N5O3S2/c1-22-7-2-3-8-9(4-7)24-14(16-8)19-12(21)6-23-13-17-10(15)5-11(20)18-13/h2-5H,6H2,1H3,(H,16,19,21)(H3,15,17,18,20). The number of benzene rings is 1. The number of nitrogen functional groups attached to an aromatic ring is 1. The fraction of sp³-hybridized carbons (Fsp3) is 0.143. The number of hydrogen-bond donors (Lipinski definition) is 3. The van der Waals surface area contributed by atoms with Gasteiger partial charge in [0.1, 0.15) is 11.6 Å². The monoisotopic (exact) mass is 363 g/mol. The molecule has 0 saturated carbocycles. The second-order valence-corrected chi connectivity index (χ2v) is 6.66. The molecule has 0 aliphatic rings. The van der Waals surface area contributed by atoms with Crippen LogP contribution >= 0.6 is 23.1 Å². The minimum Gasteiger partial charge on any atom is -0.497 e. The number of anilines is 2. The molecule has 0 aliphatic carbocycles. The highest BCUT2D eigenvalue weighted by Gasteiger charge is 2.10. The third-order valence-electron chi connectivity index (χ3n) is 2.92. The van der Waals surface area contributed by atoms with Crippen LogP contribution in [0.1, 0.15) is 0 Å². The van der Waals surface area contributed by atoms with E-state index in [9.17, 15) is 9.59 Å². The first-order valence-electron chi connectivity index (χ1n) is 6.77. The molecule has 0 atom stereocenters. The summed E-state index contributed by atoms with van der Waals surface area (Å²) in [6.07, 6.45) is 0. The van der Waals surface area contributed by atoms with Crippen molar-refractivity contribution in [3.05, 3.63) is 34.6 Å². The molecule has 1 aromatic carbocycles. The lowest BCUT2D eigenvalue weighted by atomic mass is 10.3. The topological polar surface area (TPSA) is 123 Å². The Morgan fingerprint density at radius 2 is 2.25 bits per heavy atom. The molecular weight excluding hydrogens is 350 g/mol. The van der Waals surface area contributed by atoms with Crippen LogP contribution in [0.3, 0.4) is 0 Å². The number of ether oxygens (including phenoxy) is 1. The number of methoxy groups -OCH3 is 1. The van der Waals surface area contributed by atoms with Gasteiger partial charge in [-0.15, -0.1) is 0 Å². The van der Waals surface area contributed by atoms with Crippen LogP contribution in [0.5, 0.6) is 5.75 Å². The van der Waals surface area contributed by atoms with Gasteiger partial charge in [0.05, 0.1) is 23.1 Å². The molecule has 0 unspecified atom stereocenters. The number of fused-ring (bicyclic) bond motifs is 1. The van der Waals surface area contributed by atoms with Crippen LogP contribution in [0.4, 0.5) is 10.9 Å². The summed E-state index contributed by atoms with van der Waals surface area (Å²) in [6, 6.07) is 6.68. The second-order valence-electron chi connectivity index (χ2n) is 4.66. The molecule has 2 heterocycles. The Morgan fingerprint density at radius 1 is 1.42 bits per heavy atom. The maximum Gasteiger partial charge on any atom is 0.253 e. The van der Waals surface area contributed by atoms with Crippen molar-refractivity contribution in [1.29, 1.82) is 0 Å². The minimum absolute atomic E-state index is 0.0750. The fourth-order valence-corrected chi connectivity index (χ4v) is 3.49. The summed E-state index contributed by atoms with van der Waals surface area (Å²) >= 11 is 2.44. The summed E-state index contributed by atoms with van der Waals surface area (Å²) in [5, 5.41) is 3.52. The average Bonchev–Trinajstić information content (AvgIpc) is 2.93. The molecule has 3 rings (SSSR count). The number of thiazole rings is 1. The van der Waals surface area contributed by atoms with Crippen LogP contribution in [-0.4, -0.2) is 33.7 Å². The van der Waals surface area contributed by atoms with Crippen molar-refractivity contribution in [2.75, 3.05) is 23.9 Å². The Kier molecular flexibility index (Phi) is 4.67. The molecule has 0 aliphatic heterocycles. The largest absolute Gasteiger partial charge is 0.497 e. The number of carbonyl (C=O) groups is 1. The Balaban J connectivity index is 1.65. The zero-order chi connectivity index (χ0) is 17.1. The number of H-pyrrole nitrogens is 1. The number of hydrogen-bond acceptors (Lipinski definition) is 8. The summed E-state index contributed by atoms with van der Waals surface area (Å²) in [6.45, 7) is 0. The number of nitrogens with two attached hydrogens (primary N) is 1. The molecule has 0 radical (unpaired) electrons. The van der Waals surface area contributed by atoms with E-state index in [4.69, 9.17) is 10.5 Å². The van der Waals surface area contributed by atoms with Gasteiger partial charge in [0.2, 0.25) is 5.91 Å². The maximum absolute atomic E-state index is 12.0. The van der Waals surface area contributed by atoms with Gasteiger partial charge in [-0.05, 0) is 18.2 Å². The number of aromatic amines is 1. The summed E-state index contributed by atoms with van der Waals surface area (Å²) in [5.74, 6) is 0.667. The molecule has 0 fully saturated rings. The molecule has 8 nitrogen and oxygen atoms in total. The van der Waals surface area contributed by atoms with Gasteiger partial charge in [-0.25, -0.2) is 9.97 Å². The average molecular weight is 363 g/mol. The first kappa shape index (κ1) is 16.3. The zero-order valence-electron chi connectivity index (χ0n) is 12.5. The van der Waals surface area contributed by atoms with Crippen LogP contribution in [0, 0.1) is 0 Å². The highest BCUT2D eigenvalue weighted by Crippen LogP contribution is 2.29.